The van der Waals surface area contributed by atoms with Crippen LogP contribution in [0.25, 0.3) is 0 Å². The van der Waals surface area contributed by atoms with E-state index in [2.05, 4.69) is 0 Å². The SMILES string of the molecule is CCOCC1COC2=C(CC(C(=O)c3ccccc3)C=C2)O1. The summed E-state index contributed by atoms with van der Waals surface area (Å²) in [5.41, 5.74) is 0.726. The van der Waals surface area contributed by atoms with Gasteiger partial charge in [0.1, 0.15) is 12.4 Å². The van der Waals surface area contributed by atoms with E-state index in [1.165, 1.54) is 0 Å². The first kappa shape index (κ1) is 14.9. The van der Waals surface area contributed by atoms with E-state index < -0.39 is 0 Å². The van der Waals surface area contributed by atoms with E-state index >= 15 is 0 Å². The largest absolute Gasteiger partial charge is 0.486 e. The summed E-state index contributed by atoms with van der Waals surface area (Å²) in [5, 5.41) is 0. The van der Waals surface area contributed by atoms with Gasteiger partial charge in [0.2, 0.25) is 0 Å². The van der Waals surface area contributed by atoms with Crippen molar-refractivity contribution in [2.75, 3.05) is 19.8 Å². The third-order valence-electron chi connectivity index (χ3n) is 3.80. The van der Waals surface area contributed by atoms with Crippen LogP contribution in [0.4, 0.5) is 0 Å². The van der Waals surface area contributed by atoms with E-state index in [1.807, 2.05) is 49.4 Å². The van der Waals surface area contributed by atoms with Crippen LogP contribution in [0.2, 0.25) is 0 Å². The molecular weight excluding hydrogens is 280 g/mol. The summed E-state index contributed by atoms with van der Waals surface area (Å²) in [6.45, 7) is 3.60. The second kappa shape index (κ2) is 6.79. The van der Waals surface area contributed by atoms with Gasteiger partial charge in [-0.2, -0.15) is 0 Å². The van der Waals surface area contributed by atoms with Gasteiger partial charge in [0.15, 0.2) is 17.6 Å². The van der Waals surface area contributed by atoms with Gasteiger partial charge in [-0.1, -0.05) is 36.4 Å². The van der Waals surface area contributed by atoms with Crippen LogP contribution in [-0.2, 0) is 14.2 Å². The first-order chi connectivity index (χ1) is 10.8. The average molecular weight is 300 g/mol. The fourth-order valence-corrected chi connectivity index (χ4v) is 2.65. The van der Waals surface area contributed by atoms with Crippen LogP contribution in [0.3, 0.4) is 0 Å². The highest BCUT2D eigenvalue weighted by Crippen LogP contribution is 2.31. The van der Waals surface area contributed by atoms with E-state index in [9.17, 15) is 4.79 Å². The number of Topliss-reactive ketones (excluding diaryl/α,β-unsaturated/α-hetero) is 1. The summed E-state index contributed by atoms with van der Waals surface area (Å²) in [6.07, 6.45) is 4.20. The third kappa shape index (κ3) is 3.22. The fourth-order valence-electron chi connectivity index (χ4n) is 2.65. The molecule has 116 valence electrons. The zero-order valence-electron chi connectivity index (χ0n) is 12.7. The van der Waals surface area contributed by atoms with E-state index in [-0.39, 0.29) is 17.8 Å². The number of hydrogen-bond donors (Lipinski definition) is 0. The molecule has 0 saturated heterocycles. The number of hydrogen-bond acceptors (Lipinski definition) is 4. The Bertz CT molecular complexity index is 588. The molecule has 0 aromatic heterocycles. The minimum absolute atomic E-state index is 0.0994. The quantitative estimate of drug-likeness (QED) is 0.784. The Morgan fingerprint density at radius 2 is 2.14 bits per heavy atom. The van der Waals surface area contributed by atoms with Crippen LogP contribution in [0.1, 0.15) is 23.7 Å². The van der Waals surface area contributed by atoms with Gasteiger partial charge in [0.25, 0.3) is 0 Å². The molecule has 1 heterocycles. The molecule has 2 atom stereocenters. The molecule has 0 N–H and O–H groups in total. The summed E-state index contributed by atoms with van der Waals surface area (Å²) in [6, 6.07) is 9.35. The number of allylic oxidation sites excluding steroid dienone is 3. The molecule has 2 aliphatic rings. The Kier molecular flexibility index (Phi) is 4.59. The molecule has 0 fully saturated rings. The first-order valence-electron chi connectivity index (χ1n) is 7.65. The molecule has 0 saturated carbocycles. The molecule has 22 heavy (non-hydrogen) atoms. The molecular formula is C18H20O4. The molecule has 0 amide bonds. The lowest BCUT2D eigenvalue weighted by molar-refractivity contribution is -0.0498. The van der Waals surface area contributed by atoms with Gasteiger partial charge in [-0.15, -0.1) is 0 Å². The maximum atomic E-state index is 12.5. The number of benzene rings is 1. The molecule has 3 rings (SSSR count). The number of carbonyl (C=O) groups is 1. The lowest BCUT2D eigenvalue weighted by Crippen LogP contribution is -2.32. The molecule has 4 heteroatoms. The van der Waals surface area contributed by atoms with Gasteiger partial charge in [-0.3, -0.25) is 4.79 Å². The maximum Gasteiger partial charge on any atom is 0.170 e. The van der Waals surface area contributed by atoms with Crippen molar-refractivity contribution in [3.8, 4) is 0 Å². The summed E-state index contributed by atoms with van der Waals surface area (Å²) >= 11 is 0. The van der Waals surface area contributed by atoms with E-state index in [1.54, 1.807) is 0 Å². The van der Waals surface area contributed by atoms with Gasteiger partial charge in [-0.05, 0) is 13.0 Å². The van der Waals surface area contributed by atoms with Crippen LogP contribution in [0, 0.1) is 5.92 Å². The Morgan fingerprint density at radius 1 is 1.32 bits per heavy atom. The average Bonchev–Trinajstić information content (AvgIpc) is 2.59. The zero-order valence-corrected chi connectivity index (χ0v) is 12.7. The van der Waals surface area contributed by atoms with Crippen LogP contribution in [0.15, 0.2) is 54.0 Å². The van der Waals surface area contributed by atoms with Crippen molar-refractivity contribution in [3.05, 3.63) is 59.6 Å². The molecule has 1 aliphatic heterocycles. The monoisotopic (exact) mass is 300 g/mol. The molecule has 1 aliphatic carbocycles. The van der Waals surface area contributed by atoms with Gasteiger partial charge in [0.05, 0.1) is 6.61 Å². The number of ether oxygens (including phenoxy) is 3. The highest BCUT2D eigenvalue weighted by atomic mass is 16.6. The van der Waals surface area contributed by atoms with Crippen LogP contribution >= 0.6 is 0 Å². The maximum absolute atomic E-state index is 12.5. The summed E-state index contributed by atoms with van der Waals surface area (Å²) in [4.78, 5) is 12.5. The second-order valence-electron chi connectivity index (χ2n) is 5.40. The Morgan fingerprint density at radius 3 is 2.91 bits per heavy atom. The normalized spacial score (nSPS) is 23.5. The first-order valence-corrected chi connectivity index (χ1v) is 7.65. The van der Waals surface area contributed by atoms with Crippen LogP contribution < -0.4 is 0 Å². The Balaban J connectivity index is 1.67. The molecule has 0 bridgehead atoms. The predicted octanol–water partition coefficient (Wildman–Crippen LogP) is 3.11. The number of carbonyl (C=O) groups excluding carboxylic acids is 1. The van der Waals surface area contributed by atoms with Crippen molar-refractivity contribution >= 4 is 5.78 Å². The summed E-state index contributed by atoms with van der Waals surface area (Å²) < 4.78 is 17.0. The summed E-state index contributed by atoms with van der Waals surface area (Å²) in [5.74, 6) is 1.41. The van der Waals surface area contributed by atoms with Gasteiger partial charge in [-0.25, -0.2) is 0 Å². The fraction of sp³-hybridized carbons (Fsp3) is 0.389. The molecule has 4 nitrogen and oxygen atoms in total. The summed E-state index contributed by atoms with van der Waals surface area (Å²) in [7, 11) is 0. The zero-order chi connectivity index (χ0) is 15.4. The smallest absolute Gasteiger partial charge is 0.170 e. The molecule has 1 aromatic rings. The standard InChI is InChI=1S/C18H20O4/c1-2-20-11-15-12-21-16-9-8-14(10-17(16)22-15)18(19)13-6-4-3-5-7-13/h3-9,14-15H,2,10-12H2,1H3. The molecule has 0 radical (unpaired) electrons. The van der Waals surface area contributed by atoms with Crippen molar-refractivity contribution in [1.29, 1.82) is 0 Å². The van der Waals surface area contributed by atoms with Gasteiger partial charge >= 0.3 is 0 Å². The van der Waals surface area contributed by atoms with Crippen molar-refractivity contribution in [2.45, 2.75) is 19.4 Å². The van der Waals surface area contributed by atoms with E-state index in [4.69, 9.17) is 14.2 Å². The molecule has 1 aromatic carbocycles. The van der Waals surface area contributed by atoms with Crippen molar-refractivity contribution in [2.24, 2.45) is 5.92 Å². The Hall–Kier alpha value is -2.07. The van der Waals surface area contributed by atoms with Crippen molar-refractivity contribution in [1.82, 2.24) is 0 Å². The third-order valence-corrected chi connectivity index (χ3v) is 3.80. The van der Waals surface area contributed by atoms with Crippen LogP contribution in [0.5, 0.6) is 0 Å². The lowest BCUT2D eigenvalue weighted by Gasteiger charge is -2.31. The van der Waals surface area contributed by atoms with Crippen molar-refractivity contribution in [3.63, 3.8) is 0 Å². The van der Waals surface area contributed by atoms with E-state index in [0.29, 0.717) is 26.2 Å². The highest BCUT2D eigenvalue weighted by Gasteiger charge is 2.30. The Labute approximate surface area is 130 Å². The number of ketones is 1. The van der Waals surface area contributed by atoms with Crippen molar-refractivity contribution < 1.29 is 19.0 Å². The van der Waals surface area contributed by atoms with Gasteiger partial charge in [0, 0.05) is 24.5 Å². The minimum Gasteiger partial charge on any atom is -0.486 e. The highest BCUT2D eigenvalue weighted by molar-refractivity contribution is 5.99. The lowest BCUT2D eigenvalue weighted by atomic mass is 9.90. The van der Waals surface area contributed by atoms with Crippen LogP contribution in [-0.4, -0.2) is 31.7 Å². The molecule has 2 unspecified atom stereocenters. The topological polar surface area (TPSA) is 44.8 Å². The number of rotatable bonds is 5. The van der Waals surface area contributed by atoms with Gasteiger partial charge < -0.3 is 14.2 Å². The predicted molar refractivity (Wildman–Crippen MR) is 82.4 cm³/mol. The molecule has 0 spiro atoms. The second-order valence-corrected chi connectivity index (χ2v) is 5.40. The van der Waals surface area contributed by atoms with E-state index in [0.717, 1.165) is 17.1 Å². The minimum atomic E-state index is -0.199.